The summed E-state index contributed by atoms with van der Waals surface area (Å²) in [6, 6.07) is 11.4. The van der Waals surface area contributed by atoms with Gasteiger partial charge in [-0.1, -0.05) is 18.2 Å². The van der Waals surface area contributed by atoms with Crippen molar-refractivity contribution in [3.05, 3.63) is 58.7 Å². The number of hydrogen-bond donors (Lipinski definition) is 1. The van der Waals surface area contributed by atoms with Crippen molar-refractivity contribution < 1.29 is 14.3 Å². The van der Waals surface area contributed by atoms with E-state index in [9.17, 15) is 4.79 Å². The molecule has 1 aliphatic heterocycles. The minimum Gasteiger partial charge on any atom is -0.454 e. The van der Waals surface area contributed by atoms with Crippen LogP contribution in [0.5, 0.6) is 11.5 Å². The molecule has 108 valence electrons. The third-order valence-corrected chi connectivity index (χ3v) is 3.74. The van der Waals surface area contributed by atoms with E-state index in [1.54, 1.807) is 0 Å². The van der Waals surface area contributed by atoms with Crippen molar-refractivity contribution in [3.8, 4) is 11.5 Å². The van der Waals surface area contributed by atoms with E-state index in [4.69, 9.17) is 9.47 Å². The highest BCUT2D eigenvalue weighted by Gasteiger charge is 2.14. The van der Waals surface area contributed by atoms with Crippen LogP contribution in [-0.2, 0) is 6.54 Å². The van der Waals surface area contributed by atoms with Gasteiger partial charge in [0.15, 0.2) is 11.5 Å². The van der Waals surface area contributed by atoms with Gasteiger partial charge in [0.1, 0.15) is 0 Å². The van der Waals surface area contributed by atoms with E-state index >= 15 is 0 Å². The summed E-state index contributed by atoms with van der Waals surface area (Å²) < 4.78 is 10.6. The minimum absolute atomic E-state index is 0.0612. The van der Waals surface area contributed by atoms with Crippen molar-refractivity contribution in [1.82, 2.24) is 5.32 Å². The van der Waals surface area contributed by atoms with E-state index in [0.717, 1.165) is 33.8 Å². The lowest BCUT2D eigenvalue weighted by molar-refractivity contribution is 0.0950. The van der Waals surface area contributed by atoms with Crippen LogP contribution in [0.3, 0.4) is 0 Å². The highest BCUT2D eigenvalue weighted by atomic mass is 16.7. The molecule has 1 heterocycles. The number of amides is 1. The Labute approximate surface area is 123 Å². The van der Waals surface area contributed by atoms with E-state index in [1.807, 2.05) is 50.2 Å². The number of ether oxygens (including phenoxy) is 2. The minimum atomic E-state index is -0.0612. The van der Waals surface area contributed by atoms with Crippen LogP contribution in [0.25, 0.3) is 0 Å². The molecule has 0 aliphatic carbocycles. The van der Waals surface area contributed by atoms with Crippen LogP contribution in [0.4, 0.5) is 0 Å². The summed E-state index contributed by atoms with van der Waals surface area (Å²) in [6.07, 6.45) is 0. The molecule has 0 aromatic heterocycles. The zero-order valence-electron chi connectivity index (χ0n) is 12.1. The van der Waals surface area contributed by atoms with E-state index in [-0.39, 0.29) is 12.7 Å². The fourth-order valence-electron chi connectivity index (χ4n) is 2.33. The Bertz CT molecular complexity index is 694. The fourth-order valence-corrected chi connectivity index (χ4v) is 2.33. The molecular weight excluding hydrogens is 266 g/mol. The lowest BCUT2D eigenvalue weighted by Gasteiger charge is -2.10. The zero-order valence-corrected chi connectivity index (χ0v) is 12.1. The molecule has 1 aliphatic rings. The van der Waals surface area contributed by atoms with Gasteiger partial charge in [-0.25, -0.2) is 0 Å². The summed E-state index contributed by atoms with van der Waals surface area (Å²) in [7, 11) is 0. The van der Waals surface area contributed by atoms with Crippen molar-refractivity contribution in [3.63, 3.8) is 0 Å². The van der Waals surface area contributed by atoms with Crippen LogP contribution in [0.15, 0.2) is 36.4 Å². The van der Waals surface area contributed by atoms with E-state index < -0.39 is 0 Å². The van der Waals surface area contributed by atoms with Gasteiger partial charge in [0.2, 0.25) is 6.79 Å². The van der Waals surface area contributed by atoms with E-state index in [1.165, 1.54) is 0 Å². The molecule has 0 unspecified atom stereocenters. The second kappa shape index (κ2) is 5.48. The topological polar surface area (TPSA) is 47.6 Å². The molecule has 0 spiro atoms. The Morgan fingerprint density at radius 2 is 1.95 bits per heavy atom. The normalized spacial score (nSPS) is 12.3. The zero-order chi connectivity index (χ0) is 14.8. The monoisotopic (exact) mass is 283 g/mol. The number of nitrogens with one attached hydrogen (secondary N) is 1. The quantitative estimate of drug-likeness (QED) is 0.942. The maximum Gasteiger partial charge on any atom is 0.251 e. The number of carbonyl (C=O) groups excluding carboxylic acids is 1. The van der Waals surface area contributed by atoms with Crippen LogP contribution >= 0.6 is 0 Å². The molecule has 0 radical (unpaired) electrons. The molecular formula is C17H17NO3. The molecule has 4 heteroatoms. The average Bonchev–Trinajstić information content (AvgIpc) is 2.95. The smallest absolute Gasteiger partial charge is 0.251 e. The Morgan fingerprint density at radius 1 is 1.14 bits per heavy atom. The predicted octanol–water partition coefficient (Wildman–Crippen LogP) is 2.96. The fraction of sp³-hybridized carbons (Fsp3) is 0.235. The molecule has 1 N–H and O–H groups in total. The predicted molar refractivity (Wildman–Crippen MR) is 79.7 cm³/mol. The van der Waals surface area contributed by atoms with Gasteiger partial charge < -0.3 is 14.8 Å². The number of fused-ring (bicyclic) bond motifs is 1. The van der Waals surface area contributed by atoms with Gasteiger partial charge >= 0.3 is 0 Å². The average molecular weight is 283 g/mol. The molecule has 0 saturated carbocycles. The molecule has 2 aromatic carbocycles. The first-order valence-corrected chi connectivity index (χ1v) is 6.88. The van der Waals surface area contributed by atoms with Crippen LogP contribution < -0.4 is 14.8 Å². The number of carbonyl (C=O) groups is 1. The first-order chi connectivity index (χ1) is 10.1. The molecule has 3 rings (SSSR count). The summed E-state index contributed by atoms with van der Waals surface area (Å²) in [5.41, 5.74) is 3.83. The van der Waals surface area contributed by atoms with Gasteiger partial charge in [-0.05, 0) is 48.7 Å². The molecule has 2 aromatic rings. The van der Waals surface area contributed by atoms with E-state index in [2.05, 4.69) is 5.32 Å². The van der Waals surface area contributed by atoms with Gasteiger partial charge in [0.05, 0.1) is 0 Å². The van der Waals surface area contributed by atoms with Crippen LogP contribution in [0.2, 0.25) is 0 Å². The highest BCUT2D eigenvalue weighted by Crippen LogP contribution is 2.32. The van der Waals surface area contributed by atoms with Crippen molar-refractivity contribution in [2.45, 2.75) is 20.4 Å². The summed E-state index contributed by atoms with van der Waals surface area (Å²) in [4.78, 5) is 12.3. The van der Waals surface area contributed by atoms with Gasteiger partial charge in [-0.2, -0.15) is 0 Å². The Kier molecular flexibility index (Phi) is 3.52. The Hall–Kier alpha value is -2.49. The summed E-state index contributed by atoms with van der Waals surface area (Å²) in [5, 5.41) is 2.94. The molecule has 0 saturated heterocycles. The van der Waals surface area contributed by atoms with E-state index in [0.29, 0.717) is 6.54 Å². The standard InChI is InChI=1S/C17H17NO3/c1-11-4-3-5-14(12(11)2)17(19)18-9-13-6-7-15-16(8-13)21-10-20-15/h3-8H,9-10H2,1-2H3,(H,18,19). The molecule has 1 amide bonds. The van der Waals surface area contributed by atoms with Gasteiger partial charge in [0.25, 0.3) is 5.91 Å². The maximum absolute atomic E-state index is 12.3. The van der Waals surface area contributed by atoms with Crippen molar-refractivity contribution in [2.75, 3.05) is 6.79 Å². The summed E-state index contributed by atoms with van der Waals surface area (Å²) >= 11 is 0. The molecule has 0 bridgehead atoms. The second-order valence-electron chi connectivity index (χ2n) is 5.12. The van der Waals surface area contributed by atoms with Crippen molar-refractivity contribution >= 4 is 5.91 Å². The maximum atomic E-state index is 12.3. The number of benzene rings is 2. The summed E-state index contributed by atoms with van der Waals surface area (Å²) in [5.74, 6) is 1.42. The highest BCUT2D eigenvalue weighted by molar-refractivity contribution is 5.95. The van der Waals surface area contributed by atoms with Crippen LogP contribution in [0, 0.1) is 13.8 Å². The van der Waals surface area contributed by atoms with Crippen LogP contribution in [-0.4, -0.2) is 12.7 Å². The SMILES string of the molecule is Cc1cccc(C(=O)NCc2ccc3c(c2)OCO3)c1C. The number of aryl methyl sites for hydroxylation is 1. The van der Waals surface area contributed by atoms with Crippen LogP contribution in [0.1, 0.15) is 27.0 Å². The second-order valence-corrected chi connectivity index (χ2v) is 5.12. The third kappa shape index (κ3) is 2.70. The van der Waals surface area contributed by atoms with Crippen molar-refractivity contribution in [2.24, 2.45) is 0 Å². The van der Waals surface area contributed by atoms with Gasteiger partial charge in [0, 0.05) is 12.1 Å². The molecule has 21 heavy (non-hydrogen) atoms. The Balaban J connectivity index is 1.70. The van der Waals surface area contributed by atoms with Gasteiger partial charge in [-0.3, -0.25) is 4.79 Å². The Morgan fingerprint density at radius 3 is 2.81 bits per heavy atom. The third-order valence-electron chi connectivity index (χ3n) is 3.74. The molecule has 4 nitrogen and oxygen atoms in total. The lowest BCUT2D eigenvalue weighted by Crippen LogP contribution is -2.23. The summed E-state index contributed by atoms with van der Waals surface area (Å²) in [6.45, 7) is 4.69. The largest absolute Gasteiger partial charge is 0.454 e. The first-order valence-electron chi connectivity index (χ1n) is 6.88. The van der Waals surface area contributed by atoms with Crippen molar-refractivity contribution in [1.29, 1.82) is 0 Å². The van der Waals surface area contributed by atoms with Gasteiger partial charge in [-0.15, -0.1) is 0 Å². The lowest BCUT2D eigenvalue weighted by atomic mass is 10.0. The molecule has 0 fully saturated rings. The number of hydrogen-bond acceptors (Lipinski definition) is 3. The number of rotatable bonds is 3. The molecule has 0 atom stereocenters. The first kappa shape index (κ1) is 13.5.